The van der Waals surface area contributed by atoms with E-state index in [1.807, 2.05) is 0 Å². The van der Waals surface area contributed by atoms with Crippen LogP contribution in [-0.2, 0) is 0 Å². The fourth-order valence-electron chi connectivity index (χ4n) is 9.98. The smallest absolute Gasteiger partial charge is 0.256 e. The molecule has 7 aromatic carbocycles. The first-order valence-electron chi connectivity index (χ1n) is 17.1. The number of aromatic nitrogens is 2. The van der Waals surface area contributed by atoms with Crippen LogP contribution in [0.25, 0.3) is 55.0 Å². The summed E-state index contributed by atoms with van der Waals surface area (Å²) < 4.78 is 18.9. The summed E-state index contributed by atoms with van der Waals surface area (Å²) in [6.07, 6.45) is 0. The zero-order valence-electron chi connectivity index (χ0n) is 26.5. The van der Waals surface area contributed by atoms with Crippen LogP contribution in [0.1, 0.15) is 5.56 Å². The van der Waals surface area contributed by atoms with Gasteiger partial charge >= 0.3 is 0 Å². The van der Waals surface area contributed by atoms with E-state index in [9.17, 15) is 0 Å². The summed E-state index contributed by atoms with van der Waals surface area (Å²) >= 11 is 0. The van der Waals surface area contributed by atoms with Gasteiger partial charge in [-0.15, -0.1) is 0 Å². The molecule has 4 aliphatic heterocycles. The minimum Gasteiger partial charge on any atom is -0.458 e. The van der Waals surface area contributed by atoms with E-state index in [0.717, 1.165) is 28.6 Å². The molecule has 0 amide bonds. The average molecular weight is 622 g/mol. The molecule has 6 heteroatoms. The third-order valence-corrected chi connectivity index (χ3v) is 11.8. The van der Waals surface area contributed by atoms with Crippen LogP contribution in [0.5, 0.6) is 23.0 Å². The molecule has 0 radical (unpaired) electrons. The molecule has 0 bridgehead atoms. The van der Waals surface area contributed by atoms with Crippen LogP contribution < -0.4 is 42.3 Å². The highest BCUT2D eigenvalue weighted by Gasteiger charge is 2.46. The molecule has 4 aliphatic rings. The maximum Gasteiger partial charge on any atom is 0.256 e. The van der Waals surface area contributed by atoms with E-state index in [4.69, 9.17) is 9.47 Å². The molecule has 224 valence electrons. The van der Waals surface area contributed by atoms with Crippen molar-refractivity contribution in [3.63, 3.8) is 0 Å². The van der Waals surface area contributed by atoms with E-state index in [-0.39, 0.29) is 13.4 Å². The molecule has 2 aromatic heterocycles. The van der Waals surface area contributed by atoms with Crippen molar-refractivity contribution in [1.82, 2.24) is 9.13 Å². The summed E-state index contributed by atoms with van der Waals surface area (Å²) in [7, 11) is 0. The Bertz CT molecular complexity index is 2840. The predicted octanol–water partition coefficient (Wildman–Crippen LogP) is 6.06. The van der Waals surface area contributed by atoms with Crippen molar-refractivity contribution in [2.45, 2.75) is 6.92 Å². The maximum atomic E-state index is 6.97. The zero-order valence-corrected chi connectivity index (χ0v) is 26.5. The molecule has 0 saturated heterocycles. The van der Waals surface area contributed by atoms with Crippen molar-refractivity contribution < 1.29 is 9.47 Å². The Hall–Kier alpha value is -6.13. The highest BCUT2D eigenvalue weighted by atomic mass is 16.5. The Balaban J connectivity index is 1.15. The number of hydrogen-bond acceptors (Lipinski definition) is 2. The average Bonchev–Trinajstić information content (AvgIpc) is 3.67. The number of nitrogens with zero attached hydrogens (tertiary/aromatic N) is 2. The van der Waals surface area contributed by atoms with Gasteiger partial charge in [0.2, 0.25) is 0 Å². The van der Waals surface area contributed by atoms with Gasteiger partial charge in [0, 0.05) is 49.5 Å². The van der Waals surface area contributed by atoms with E-state index in [0.29, 0.717) is 0 Å². The van der Waals surface area contributed by atoms with Crippen LogP contribution in [0.4, 0.5) is 0 Å². The minimum absolute atomic E-state index is 0.0296. The highest BCUT2D eigenvalue weighted by molar-refractivity contribution is 7.02. The summed E-state index contributed by atoms with van der Waals surface area (Å²) in [5.41, 5.74) is 16.0. The predicted molar refractivity (Wildman–Crippen MR) is 202 cm³/mol. The first-order chi connectivity index (χ1) is 24.3. The SMILES string of the molecule is Cc1c2c(cc3c1Oc1cccc4c1B3c1cccc3c5ccccc5n-4c13)B1c3c(cccc3-n3c4ccccc4c4cccc1c43)O2. The van der Waals surface area contributed by atoms with Crippen LogP contribution >= 0.6 is 0 Å². The normalized spacial score (nSPS) is 14.1. The van der Waals surface area contributed by atoms with Gasteiger partial charge in [-0.05, 0) is 76.1 Å². The van der Waals surface area contributed by atoms with Gasteiger partial charge in [-0.25, -0.2) is 0 Å². The lowest BCUT2D eigenvalue weighted by Gasteiger charge is -2.37. The van der Waals surface area contributed by atoms with E-state index in [1.54, 1.807) is 0 Å². The van der Waals surface area contributed by atoms with Gasteiger partial charge in [0.15, 0.2) is 0 Å². The van der Waals surface area contributed by atoms with Crippen molar-refractivity contribution in [2.24, 2.45) is 0 Å². The second-order valence-electron chi connectivity index (χ2n) is 14.0. The lowest BCUT2D eigenvalue weighted by Crippen LogP contribution is -2.62. The van der Waals surface area contributed by atoms with Crippen molar-refractivity contribution in [3.8, 4) is 34.4 Å². The zero-order chi connectivity index (χ0) is 31.7. The molecular formula is C43H24B2N2O2. The fraction of sp³-hybridized carbons (Fsp3) is 0.0233. The monoisotopic (exact) mass is 622 g/mol. The second-order valence-corrected chi connectivity index (χ2v) is 14.0. The van der Waals surface area contributed by atoms with Crippen molar-refractivity contribution >= 4 is 89.8 Å². The molecule has 49 heavy (non-hydrogen) atoms. The number of ether oxygens (including phenoxy) is 2. The van der Waals surface area contributed by atoms with Crippen molar-refractivity contribution in [1.29, 1.82) is 0 Å². The molecule has 6 heterocycles. The Labute approximate surface area is 281 Å². The Morgan fingerprint density at radius 2 is 0.898 bits per heavy atom. The number of para-hydroxylation sites is 4. The van der Waals surface area contributed by atoms with E-state index < -0.39 is 0 Å². The summed E-state index contributed by atoms with van der Waals surface area (Å²) in [6, 6.07) is 46.7. The lowest BCUT2D eigenvalue weighted by atomic mass is 9.31. The number of benzene rings is 7. The molecule has 9 aromatic rings. The molecule has 0 saturated carbocycles. The van der Waals surface area contributed by atoms with E-state index in [2.05, 4.69) is 143 Å². The van der Waals surface area contributed by atoms with Gasteiger partial charge in [-0.1, -0.05) is 91.0 Å². The molecule has 13 rings (SSSR count). The number of rotatable bonds is 0. The molecule has 0 aliphatic carbocycles. The summed E-state index contributed by atoms with van der Waals surface area (Å²) in [5, 5.41) is 5.14. The topological polar surface area (TPSA) is 28.3 Å². The van der Waals surface area contributed by atoms with E-state index >= 15 is 0 Å². The molecule has 0 fully saturated rings. The molecule has 0 N–H and O–H groups in total. The Morgan fingerprint density at radius 1 is 0.449 bits per heavy atom. The number of fused-ring (bicyclic) bond motifs is 14. The third-order valence-electron chi connectivity index (χ3n) is 11.8. The van der Waals surface area contributed by atoms with Crippen LogP contribution in [0.2, 0.25) is 0 Å². The van der Waals surface area contributed by atoms with Gasteiger partial charge in [0.25, 0.3) is 13.4 Å². The van der Waals surface area contributed by atoms with Crippen LogP contribution in [0.3, 0.4) is 0 Å². The molecule has 4 nitrogen and oxygen atoms in total. The summed E-state index contributed by atoms with van der Waals surface area (Å²) in [5.74, 6) is 3.67. The van der Waals surface area contributed by atoms with Crippen molar-refractivity contribution in [2.75, 3.05) is 0 Å². The molecule has 0 atom stereocenters. The van der Waals surface area contributed by atoms with Crippen molar-refractivity contribution in [3.05, 3.63) is 133 Å². The van der Waals surface area contributed by atoms with Crippen LogP contribution in [-0.4, -0.2) is 22.6 Å². The highest BCUT2D eigenvalue weighted by Crippen LogP contribution is 2.42. The first kappa shape index (κ1) is 25.0. The van der Waals surface area contributed by atoms with Gasteiger partial charge in [-0.3, -0.25) is 0 Å². The summed E-state index contributed by atoms with van der Waals surface area (Å²) in [4.78, 5) is 0. The van der Waals surface area contributed by atoms with Crippen LogP contribution in [0, 0.1) is 6.92 Å². The minimum atomic E-state index is 0.0296. The molecular weight excluding hydrogens is 598 g/mol. The molecule has 0 unspecified atom stereocenters. The van der Waals surface area contributed by atoms with Gasteiger partial charge in [-0.2, -0.15) is 0 Å². The second kappa shape index (κ2) is 8.29. The molecule has 0 spiro atoms. The first-order valence-corrected chi connectivity index (χ1v) is 17.1. The largest absolute Gasteiger partial charge is 0.458 e. The number of hydrogen-bond donors (Lipinski definition) is 0. The quantitative estimate of drug-likeness (QED) is 0.193. The maximum absolute atomic E-state index is 6.97. The fourth-order valence-corrected chi connectivity index (χ4v) is 9.98. The third kappa shape index (κ3) is 2.74. The Morgan fingerprint density at radius 3 is 1.41 bits per heavy atom. The standard InChI is InChI=1S/C43H24B2N2O2/c1-23-42-30(44-28-14-6-12-26-24-10-2-4-16-32(24)46(40(26)28)34-18-8-20-36(48-42)38(34)44)22-31-43(23)49-37-21-9-19-35-39(37)45(31)29-15-7-13-27-25-11-3-5-17-33(25)47(35)41(27)29/h2-22H,1H3. The van der Waals surface area contributed by atoms with Gasteiger partial charge < -0.3 is 18.6 Å². The van der Waals surface area contributed by atoms with Gasteiger partial charge in [0.1, 0.15) is 23.0 Å². The van der Waals surface area contributed by atoms with E-state index in [1.165, 1.54) is 87.8 Å². The lowest BCUT2D eigenvalue weighted by molar-refractivity contribution is 0.459. The summed E-state index contributed by atoms with van der Waals surface area (Å²) in [6.45, 7) is 2.24. The van der Waals surface area contributed by atoms with Crippen LogP contribution in [0.15, 0.2) is 127 Å². The van der Waals surface area contributed by atoms with Gasteiger partial charge in [0.05, 0.1) is 11.0 Å². The Kier molecular flexibility index (Phi) is 4.22.